The maximum atomic E-state index is 9.94. The zero-order valence-corrected chi connectivity index (χ0v) is 11.1. The Balaban J connectivity index is 1.87. The molecule has 2 rings (SSSR count). The number of aliphatic hydroxyl groups excluding tert-OH is 1. The van der Waals surface area contributed by atoms with E-state index < -0.39 is 5.60 Å². The van der Waals surface area contributed by atoms with E-state index in [4.69, 9.17) is 0 Å². The Bertz CT molecular complexity index is 237. The fourth-order valence-electron chi connectivity index (χ4n) is 3.34. The molecule has 1 aliphatic heterocycles. The summed E-state index contributed by atoms with van der Waals surface area (Å²) in [5.41, 5.74) is -0.309. The van der Waals surface area contributed by atoms with Gasteiger partial charge < -0.3 is 15.1 Å². The van der Waals surface area contributed by atoms with Crippen molar-refractivity contribution in [2.75, 3.05) is 26.2 Å². The monoisotopic (exact) mass is 241 g/mol. The van der Waals surface area contributed by atoms with E-state index in [0.29, 0.717) is 6.61 Å². The lowest BCUT2D eigenvalue weighted by Crippen LogP contribution is -2.48. The van der Waals surface area contributed by atoms with Crippen molar-refractivity contribution in [3.8, 4) is 0 Å². The third kappa shape index (κ3) is 3.43. The third-order valence-electron chi connectivity index (χ3n) is 4.74. The minimum absolute atomic E-state index is 0.154. The first-order valence-electron chi connectivity index (χ1n) is 7.11. The summed E-state index contributed by atoms with van der Waals surface area (Å²) in [4.78, 5) is 2.44. The van der Waals surface area contributed by atoms with Crippen molar-refractivity contribution in [2.45, 2.75) is 57.5 Å². The van der Waals surface area contributed by atoms with Gasteiger partial charge in [0.15, 0.2) is 0 Å². The van der Waals surface area contributed by atoms with Crippen molar-refractivity contribution >= 4 is 0 Å². The number of nitrogens with zero attached hydrogens (tertiary/aromatic N) is 1. The van der Waals surface area contributed by atoms with Gasteiger partial charge in [0.25, 0.3) is 0 Å². The van der Waals surface area contributed by atoms with Crippen LogP contribution in [-0.2, 0) is 0 Å². The molecule has 0 amide bonds. The van der Waals surface area contributed by atoms with E-state index in [1.165, 1.54) is 32.1 Å². The highest BCUT2D eigenvalue weighted by Crippen LogP contribution is 2.37. The van der Waals surface area contributed by atoms with Crippen molar-refractivity contribution < 1.29 is 10.2 Å². The van der Waals surface area contributed by atoms with Gasteiger partial charge in [-0.25, -0.2) is 0 Å². The van der Waals surface area contributed by atoms with Crippen LogP contribution in [0.5, 0.6) is 0 Å². The van der Waals surface area contributed by atoms with Gasteiger partial charge in [-0.3, -0.25) is 0 Å². The van der Waals surface area contributed by atoms with Gasteiger partial charge in [-0.1, -0.05) is 19.3 Å². The molecule has 2 N–H and O–H groups in total. The molecule has 1 heterocycles. The normalized spacial score (nSPS) is 29.1. The Kier molecular flexibility index (Phi) is 4.11. The highest BCUT2D eigenvalue weighted by atomic mass is 16.3. The SMILES string of the molecule is CC1(O)CCN(CC2(CO)CCCCC2)CC1. The van der Waals surface area contributed by atoms with Crippen LogP contribution in [0.25, 0.3) is 0 Å². The summed E-state index contributed by atoms with van der Waals surface area (Å²) in [5, 5.41) is 19.6. The van der Waals surface area contributed by atoms with Gasteiger partial charge in [-0.15, -0.1) is 0 Å². The number of likely N-dealkylation sites (tertiary alicyclic amines) is 1. The van der Waals surface area contributed by atoms with Crippen LogP contribution in [0.2, 0.25) is 0 Å². The molecular formula is C14H27NO2. The predicted molar refractivity (Wildman–Crippen MR) is 68.9 cm³/mol. The fourth-order valence-corrected chi connectivity index (χ4v) is 3.34. The van der Waals surface area contributed by atoms with Gasteiger partial charge >= 0.3 is 0 Å². The zero-order valence-electron chi connectivity index (χ0n) is 11.1. The number of piperidine rings is 1. The van der Waals surface area contributed by atoms with E-state index in [2.05, 4.69) is 4.90 Å². The smallest absolute Gasteiger partial charge is 0.0644 e. The molecule has 3 heteroatoms. The molecule has 0 radical (unpaired) electrons. The van der Waals surface area contributed by atoms with Crippen molar-refractivity contribution in [1.82, 2.24) is 4.90 Å². The second kappa shape index (κ2) is 5.25. The molecule has 17 heavy (non-hydrogen) atoms. The average Bonchev–Trinajstić information content (AvgIpc) is 2.33. The summed E-state index contributed by atoms with van der Waals surface area (Å²) in [7, 11) is 0. The molecule has 1 aliphatic carbocycles. The summed E-state index contributed by atoms with van der Waals surface area (Å²) >= 11 is 0. The van der Waals surface area contributed by atoms with Crippen molar-refractivity contribution in [3.05, 3.63) is 0 Å². The Morgan fingerprint density at radius 1 is 1.00 bits per heavy atom. The number of hydrogen-bond acceptors (Lipinski definition) is 3. The molecule has 1 saturated carbocycles. The van der Waals surface area contributed by atoms with Crippen molar-refractivity contribution in [3.63, 3.8) is 0 Å². The number of rotatable bonds is 3. The van der Waals surface area contributed by atoms with Crippen LogP contribution in [0.15, 0.2) is 0 Å². The molecule has 100 valence electrons. The fraction of sp³-hybridized carbons (Fsp3) is 1.00. The summed E-state index contributed by atoms with van der Waals surface area (Å²) in [6.07, 6.45) is 7.96. The van der Waals surface area contributed by atoms with E-state index in [9.17, 15) is 10.2 Å². The van der Waals surface area contributed by atoms with Gasteiger partial charge in [-0.05, 0) is 32.6 Å². The first kappa shape index (κ1) is 13.3. The van der Waals surface area contributed by atoms with Gasteiger partial charge in [0.1, 0.15) is 0 Å². The van der Waals surface area contributed by atoms with E-state index in [0.717, 1.165) is 32.5 Å². The summed E-state index contributed by atoms with van der Waals surface area (Å²) in [5.74, 6) is 0. The van der Waals surface area contributed by atoms with Crippen molar-refractivity contribution in [1.29, 1.82) is 0 Å². The Morgan fingerprint density at radius 2 is 1.59 bits per heavy atom. The molecular weight excluding hydrogens is 214 g/mol. The molecule has 0 unspecified atom stereocenters. The van der Waals surface area contributed by atoms with Crippen LogP contribution in [0.4, 0.5) is 0 Å². The summed E-state index contributed by atoms with van der Waals surface area (Å²) < 4.78 is 0. The van der Waals surface area contributed by atoms with Gasteiger partial charge in [0.05, 0.1) is 5.60 Å². The molecule has 1 saturated heterocycles. The lowest BCUT2D eigenvalue weighted by Gasteiger charge is -2.43. The largest absolute Gasteiger partial charge is 0.396 e. The minimum atomic E-state index is -0.463. The van der Waals surface area contributed by atoms with Gasteiger partial charge in [-0.2, -0.15) is 0 Å². The Morgan fingerprint density at radius 3 is 2.12 bits per heavy atom. The second-order valence-corrected chi connectivity index (χ2v) is 6.49. The van der Waals surface area contributed by atoms with Crippen LogP contribution >= 0.6 is 0 Å². The van der Waals surface area contributed by atoms with Gasteiger partial charge in [0, 0.05) is 31.7 Å². The lowest BCUT2D eigenvalue weighted by atomic mass is 9.74. The van der Waals surface area contributed by atoms with Crippen LogP contribution < -0.4 is 0 Å². The quantitative estimate of drug-likeness (QED) is 0.791. The maximum absolute atomic E-state index is 9.94. The predicted octanol–water partition coefficient (Wildman–Crippen LogP) is 1.78. The van der Waals surface area contributed by atoms with Crippen LogP contribution in [0.3, 0.4) is 0 Å². The maximum Gasteiger partial charge on any atom is 0.0644 e. The molecule has 0 spiro atoms. The molecule has 3 nitrogen and oxygen atoms in total. The molecule has 2 aliphatic rings. The molecule has 0 bridgehead atoms. The third-order valence-corrected chi connectivity index (χ3v) is 4.74. The highest BCUT2D eigenvalue weighted by Gasteiger charge is 2.35. The van der Waals surface area contributed by atoms with E-state index in [1.54, 1.807) is 0 Å². The lowest BCUT2D eigenvalue weighted by molar-refractivity contribution is -0.0292. The molecule has 0 aromatic carbocycles. The van der Waals surface area contributed by atoms with E-state index in [1.807, 2.05) is 6.92 Å². The Labute approximate surface area is 105 Å². The first-order valence-corrected chi connectivity index (χ1v) is 7.11. The van der Waals surface area contributed by atoms with Crippen LogP contribution in [0.1, 0.15) is 51.9 Å². The van der Waals surface area contributed by atoms with Crippen LogP contribution in [-0.4, -0.2) is 47.0 Å². The summed E-state index contributed by atoms with van der Waals surface area (Å²) in [6.45, 7) is 5.26. The summed E-state index contributed by atoms with van der Waals surface area (Å²) in [6, 6.07) is 0. The minimum Gasteiger partial charge on any atom is -0.396 e. The van der Waals surface area contributed by atoms with Crippen molar-refractivity contribution in [2.24, 2.45) is 5.41 Å². The Hall–Kier alpha value is -0.120. The van der Waals surface area contributed by atoms with Gasteiger partial charge in [0.2, 0.25) is 0 Å². The molecule has 2 fully saturated rings. The van der Waals surface area contributed by atoms with E-state index in [-0.39, 0.29) is 5.41 Å². The molecule has 0 aromatic heterocycles. The highest BCUT2D eigenvalue weighted by molar-refractivity contribution is 4.89. The number of hydrogen-bond donors (Lipinski definition) is 2. The van der Waals surface area contributed by atoms with Crippen LogP contribution in [0, 0.1) is 5.41 Å². The first-order chi connectivity index (χ1) is 8.05. The standard InChI is InChI=1S/C14H27NO2/c1-13(17)7-9-15(10-8-13)11-14(12-16)5-3-2-4-6-14/h16-17H,2-12H2,1H3. The van der Waals surface area contributed by atoms with E-state index >= 15 is 0 Å². The molecule has 0 aromatic rings. The second-order valence-electron chi connectivity index (χ2n) is 6.49. The average molecular weight is 241 g/mol. The molecule has 0 atom stereocenters. The zero-order chi connectivity index (χ0) is 12.4. The number of aliphatic hydroxyl groups is 2. The topological polar surface area (TPSA) is 43.7 Å².